The summed E-state index contributed by atoms with van der Waals surface area (Å²) < 4.78 is 0. The van der Waals surface area contributed by atoms with Crippen LogP contribution in [0.5, 0.6) is 0 Å². The molecular formula is C28H24NaSi+. The Balaban J connectivity index is 0.00000193. The first kappa shape index (κ1) is 20.0. The van der Waals surface area contributed by atoms with Crippen LogP contribution in [0.15, 0.2) is 91.0 Å². The van der Waals surface area contributed by atoms with Crippen LogP contribution in [-0.2, 0) is 0 Å². The van der Waals surface area contributed by atoms with Crippen molar-refractivity contribution in [1.29, 1.82) is 0 Å². The Labute approximate surface area is 202 Å². The van der Waals surface area contributed by atoms with Gasteiger partial charge < -0.3 is 0 Å². The molecule has 0 spiro atoms. The molecule has 0 saturated carbocycles. The predicted molar refractivity (Wildman–Crippen MR) is 126 cm³/mol. The second-order valence-electron chi connectivity index (χ2n) is 8.76. The van der Waals surface area contributed by atoms with E-state index in [1.54, 1.807) is 0 Å². The maximum absolute atomic E-state index is 2.65. The van der Waals surface area contributed by atoms with Crippen molar-refractivity contribution in [1.82, 2.24) is 0 Å². The normalized spacial score (nSPS) is 24.1. The molecule has 6 rings (SSSR count). The average Bonchev–Trinajstić information content (AvgIpc) is 3.49. The van der Waals surface area contributed by atoms with E-state index in [9.17, 15) is 0 Å². The standard InChI is InChI=1S/C28H24Si.Na/c1-29(26-17-14-20-8-2-5-11-23(20)26,27-18-15-21-9-3-6-12-24(21)27)28-19-16-22-10-4-7-13-25(22)28;/h2-19,26-28H,1H3;/q;+1. The Morgan fingerprint density at radius 1 is 0.500 bits per heavy atom. The summed E-state index contributed by atoms with van der Waals surface area (Å²) in [6, 6.07) is 27.0. The third-order valence-electron chi connectivity index (χ3n) is 7.41. The number of fused-ring (bicyclic) bond motifs is 3. The Kier molecular flexibility index (Phi) is 5.11. The fraction of sp³-hybridized carbons (Fsp3) is 0.143. The molecule has 0 amide bonds. The third-order valence-corrected chi connectivity index (χ3v) is 12.9. The summed E-state index contributed by atoms with van der Waals surface area (Å²) in [7, 11) is -1.96. The van der Waals surface area contributed by atoms with Gasteiger partial charge in [0.25, 0.3) is 0 Å². The maximum Gasteiger partial charge on any atom is 1.00 e. The molecule has 140 valence electrons. The molecule has 0 N–H and O–H groups in total. The first-order valence-corrected chi connectivity index (χ1v) is 13.3. The van der Waals surface area contributed by atoms with E-state index in [1.165, 1.54) is 33.4 Å². The van der Waals surface area contributed by atoms with Gasteiger partial charge in [0.1, 0.15) is 0 Å². The molecule has 3 aromatic carbocycles. The Morgan fingerprint density at radius 3 is 1.13 bits per heavy atom. The van der Waals surface area contributed by atoms with Crippen molar-refractivity contribution < 1.29 is 29.6 Å². The zero-order chi connectivity index (χ0) is 19.4. The minimum Gasteiger partial charge on any atom is -0.0790 e. The van der Waals surface area contributed by atoms with Crippen molar-refractivity contribution in [2.45, 2.75) is 23.2 Å². The molecule has 0 aliphatic heterocycles. The van der Waals surface area contributed by atoms with Gasteiger partial charge in [-0.1, -0.05) is 116 Å². The zero-order valence-electron chi connectivity index (χ0n) is 17.6. The van der Waals surface area contributed by atoms with Gasteiger partial charge >= 0.3 is 29.6 Å². The van der Waals surface area contributed by atoms with Gasteiger partial charge in [0.05, 0.1) is 8.07 Å². The van der Waals surface area contributed by atoms with Crippen LogP contribution >= 0.6 is 0 Å². The largest absolute Gasteiger partial charge is 1.00 e. The summed E-state index contributed by atoms with van der Waals surface area (Å²) in [5.74, 6) is 0. The molecule has 0 nitrogen and oxygen atoms in total. The number of allylic oxidation sites excluding steroid dienone is 3. The van der Waals surface area contributed by atoms with Crippen LogP contribution in [0.4, 0.5) is 0 Å². The molecule has 30 heavy (non-hydrogen) atoms. The van der Waals surface area contributed by atoms with Crippen molar-refractivity contribution in [3.8, 4) is 0 Å². The monoisotopic (exact) mass is 411 g/mol. The van der Waals surface area contributed by atoms with E-state index < -0.39 is 8.07 Å². The number of hydrogen-bond acceptors (Lipinski definition) is 0. The van der Waals surface area contributed by atoms with Gasteiger partial charge in [-0.2, -0.15) is 0 Å². The minimum atomic E-state index is -1.96. The Bertz CT molecular complexity index is 1050. The smallest absolute Gasteiger partial charge is 0.0790 e. The van der Waals surface area contributed by atoms with Crippen LogP contribution in [0.3, 0.4) is 0 Å². The van der Waals surface area contributed by atoms with Crippen LogP contribution < -0.4 is 29.6 Å². The van der Waals surface area contributed by atoms with E-state index in [2.05, 4.69) is 116 Å². The van der Waals surface area contributed by atoms with Crippen LogP contribution in [0, 0.1) is 0 Å². The Hall–Kier alpha value is -1.90. The first-order valence-electron chi connectivity index (χ1n) is 10.6. The number of hydrogen-bond donors (Lipinski definition) is 0. The van der Waals surface area contributed by atoms with Crippen molar-refractivity contribution in [2.75, 3.05) is 0 Å². The molecular weight excluding hydrogens is 387 g/mol. The molecule has 0 radical (unpaired) electrons. The number of benzene rings is 3. The van der Waals surface area contributed by atoms with Gasteiger partial charge in [-0.25, -0.2) is 0 Å². The molecule has 0 bridgehead atoms. The summed E-state index contributed by atoms with van der Waals surface area (Å²) in [6.45, 7) is 2.65. The molecule has 3 aliphatic carbocycles. The fourth-order valence-electron chi connectivity index (χ4n) is 5.96. The van der Waals surface area contributed by atoms with E-state index in [4.69, 9.17) is 0 Å². The van der Waals surface area contributed by atoms with Gasteiger partial charge in [-0.3, -0.25) is 0 Å². The second-order valence-corrected chi connectivity index (χ2v) is 13.4. The van der Waals surface area contributed by atoms with E-state index in [1.807, 2.05) is 0 Å². The van der Waals surface area contributed by atoms with Crippen LogP contribution in [-0.4, -0.2) is 8.07 Å². The topological polar surface area (TPSA) is 0 Å². The first-order chi connectivity index (χ1) is 14.3. The average molecular weight is 412 g/mol. The molecule has 3 atom stereocenters. The summed E-state index contributed by atoms with van der Waals surface area (Å²) in [4.78, 5) is 0. The van der Waals surface area contributed by atoms with E-state index in [0.29, 0.717) is 16.6 Å². The number of rotatable bonds is 3. The summed E-state index contributed by atoms with van der Waals surface area (Å²) in [5, 5.41) is 0. The summed E-state index contributed by atoms with van der Waals surface area (Å²) in [6.07, 6.45) is 14.6. The fourth-order valence-corrected chi connectivity index (χ4v) is 11.4. The molecule has 2 heteroatoms. The van der Waals surface area contributed by atoms with Crippen LogP contribution in [0.2, 0.25) is 6.55 Å². The van der Waals surface area contributed by atoms with Gasteiger partial charge in [0.2, 0.25) is 0 Å². The van der Waals surface area contributed by atoms with E-state index in [-0.39, 0.29) is 29.6 Å². The molecule has 0 fully saturated rings. The molecule has 3 aromatic rings. The van der Waals surface area contributed by atoms with Gasteiger partial charge in [-0.05, 0) is 50.0 Å². The van der Waals surface area contributed by atoms with E-state index >= 15 is 0 Å². The van der Waals surface area contributed by atoms with Crippen molar-refractivity contribution in [3.63, 3.8) is 0 Å². The van der Waals surface area contributed by atoms with Crippen LogP contribution in [0.25, 0.3) is 18.2 Å². The predicted octanol–water partition coefficient (Wildman–Crippen LogP) is 4.12. The second kappa shape index (κ2) is 7.66. The van der Waals surface area contributed by atoms with E-state index in [0.717, 1.165) is 0 Å². The van der Waals surface area contributed by atoms with Gasteiger partial charge in [-0.15, -0.1) is 0 Å². The molecule has 0 saturated heterocycles. The summed E-state index contributed by atoms with van der Waals surface area (Å²) >= 11 is 0. The van der Waals surface area contributed by atoms with Crippen molar-refractivity contribution in [3.05, 3.63) is 124 Å². The van der Waals surface area contributed by atoms with Crippen molar-refractivity contribution >= 4 is 26.3 Å². The minimum absolute atomic E-state index is 0. The molecule has 3 aliphatic rings. The molecule has 3 unspecified atom stereocenters. The molecule has 0 heterocycles. The quantitative estimate of drug-likeness (QED) is 0.569. The van der Waals surface area contributed by atoms with Gasteiger partial charge in [0.15, 0.2) is 0 Å². The SMILES string of the molecule is C[Si](C1C=Cc2ccccc21)(C1C=Cc2ccccc21)C1C=Cc2ccccc21.[Na+]. The Morgan fingerprint density at radius 2 is 0.800 bits per heavy atom. The van der Waals surface area contributed by atoms with Crippen LogP contribution in [0.1, 0.15) is 50.0 Å². The van der Waals surface area contributed by atoms with Gasteiger partial charge in [0, 0.05) is 0 Å². The van der Waals surface area contributed by atoms with Crippen molar-refractivity contribution in [2.24, 2.45) is 0 Å². The zero-order valence-corrected chi connectivity index (χ0v) is 20.6. The maximum atomic E-state index is 2.65. The third kappa shape index (κ3) is 2.84. The summed E-state index contributed by atoms with van der Waals surface area (Å²) in [5.41, 5.74) is 10.3. The molecule has 0 aromatic heterocycles.